The van der Waals surface area contributed by atoms with E-state index in [1.54, 1.807) is 31.3 Å². The first-order chi connectivity index (χ1) is 13.2. The van der Waals surface area contributed by atoms with Crippen molar-refractivity contribution in [2.75, 3.05) is 39.0 Å². The van der Waals surface area contributed by atoms with Crippen molar-refractivity contribution in [2.24, 2.45) is 5.73 Å². The summed E-state index contributed by atoms with van der Waals surface area (Å²) in [5.74, 6) is -1.68. The average Bonchev–Trinajstić information content (AvgIpc) is 2.66. The van der Waals surface area contributed by atoms with Gasteiger partial charge in [0.25, 0.3) is 0 Å². The molecule has 1 rings (SSSR count). The maximum Gasteiger partial charge on any atom is 0.409 e. The number of nitrogens with zero attached hydrogens (tertiary/aromatic N) is 2. The fraction of sp³-hybridized carbons (Fsp3) is 0.444. The number of carbonyl (C=O) groups excluding carboxylic acids is 3. The molecule has 28 heavy (non-hydrogen) atoms. The molecule has 0 unspecified atom stereocenters. The zero-order valence-electron chi connectivity index (χ0n) is 16.0. The van der Waals surface area contributed by atoms with E-state index in [1.165, 1.54) is 11.9 Å². The molecule has 0 saturated carbocycles. The normalized spacial score (nSPS) is 10.1. The van der Waals surface area contributed by atoms with E-state index in [-0.39, 0.29) is 37.9 Å². The molecule has 1 aromatic rings. The number of anilines is 1. The third-order valence-corrected chi connectivity index (χ3v) is 3.78. The standard InChI is InChI=1S/C18H26N4O6/c1-21(9-3-4-16(24)22(2)11-17(25)26)18(27)28-12-13-5-7-14(8-6-13)20-15(23)10-19/h5-8H,3-4,9-12,19H2,1-2H3,(H,20,23)(H,25,26). The average molecular weight is 394 g/mol. The Bertz CT molecular complexity index is 692. The fourth-order valence-corrected chi connectivity index (χ4v) is 2.19. The van der Waals surface area contributed by atoms with Gasteiger partial charge < -0.3 is 30.7 Å². The van der Waals surface area contributed by atoms with Crippen LogP contribution in [0.2, 0.25) is 0 Å². The Morgan fingerprint density at radius 1 is 1.11 bits per heavy atom. The van der Waals surface area contributed by atoms with E-state index in [4.69, 9.17) is 15.6 Å². The van der Waals surface area contributed by atoms with Crippen LogP contribution in [0.3, 0.4) is 0 Å². The van der Waals surface area contributed by atoms with Gasteiger partial charge in [0.2, 0.25) is 11.8 Å². The Labute approximate surface area is 163 Å². The van der Waals surface area contributed by atoms with E-state index in [0.29, 0.717) is 18.7 Å². The summed E-state index contributed by atoms with van der Waals surface area (Å²) in [5, 5.41) is 11.3. The molecular formula is C18H26N4O6. The predicted molar refractivity (Wildman–Crippen MR) is 101 cm³/mol. The number of carbonyl (C=O) groups is 4. The quantitative estimate of drug-likeness (QED) is 0.524. The van der Waals surface area contributed by atoms with Gasteiger partial charge in [-0.3, -0.25) is 14.4 Å². The van der Waals surface area contributed by atoms with Crippen molar-refractivity contribution in [2.45, 2.75) is 19.4 Å². The number of aliphatic carboxylic acids is 1. The summed E-state index contributed by atoms with van der Waals surface area (Å²) in [6.07, 6.45) is -0.00624. The van der Waals surface area contributed by atoms with Crippen LogP contribution in [0, 0.1) is 0 Å². The minimum atomic E-state index is -1.08. The predicted octanol–water partition coefficient (Wildman–Crippen LogP) is 0.475. The van der Waals surface area contributed by atoms with Crippen LogP contribution in [0.1, 0.15) is 18.4 Å². The second-order valence-corrected chi connectivity index (χ2v) is 6.17. The van der Waals surface area contributed by atoms with Crippen LogP contribution in [0.15, 0.2) is 24.3 Å². The largest absolute Gasteiger partial charge is 0.480 e. The van der Waals surface area contributed by atoms with Crippen molar-refractivity contribution < 1.29 is 29.0 Å². The number of amides is 3. The van der Waals surface area contributed by atoms with Gasteiger partial charge in [0.1, 0.15) is 13.2 Å². The van der Waals surface area contributed by atoms with Crippen LogP contribution in [0.25, 0.3) is 0 Å². The molecule has 0 aliphatic heterocycles. The van der Waals surface area contributed by atoms with Crippen LogP contribution in [-0.2, 0) is 25.7 Å². The van der Waals surface area contributed by atoms with Crippen LogP contribution in [0.5, 0.6) is 0 Å². The zero-order valence-corrected chi connectivity index (χ0v) is 16.0. The Morgan fingerprint density at radius 2 is 1.75 bits per heavy atom. The number of rotatable bonds is 10. The molecule has 0 spiro atoms. The van der Waals surface area contributed by atoms with E-state index in [2.05, 4.69) is 5.32 Å². The molecular weight excluding hydrogens is 368 g/mol. The first kappa shape index (κ1) is 22.9. The van der Waals surface area contributed by atoms with E-state index >= 15 is 0 Å². The topological polar surface area (TPSA) is 142 Å². The minimum absolute atomic E-state index is 0.0641. The van der Waals surface area contributed by atoms with Crippen molar-refractivity contribution in [1.82, 2.24) is 9.80 Å². The maximum absolute atomic E-state index is 12.0. The lowest BCUT2D eigenvalue weighted by atomic mass is 10.2. The first-order valence-electron chi connectivity index (χ1n) is 8.65. The Morgan fingerprint density at radius 3 is 2.32 bits per heavy atom. The van der Waals surface area contributed by atoms with Gasteiger partial charge >= 0.3 is 12.1 Å². The molecule has 0 aromatic heterocycles. The number of ether oxygens (including phenoxy) is 1. The highest BCUT2D eigenvalue weighted by Crippen LogP contribution is 2.11. The molecule has 0 atom stereocenters. The maximum atomic E-state index is 12.0. The molecule has 154 valence electrons. The lowest BCUT2D eigenvalue weighted by Gasteiger charge is -2.18. The van der Waals surface area contributed by atoms with Crippen LogP contribution in [0.4, 0.5) is 10.5 Å². The molecule has 0 heterocycles. The molecule has 0 aliphatic carbocycles. The molecule has 0 radical (unpaired) electrons. The highest BCUT2D eigenvalue weighted by Gasteiger charge is 2.14. The SMILES string of the molecule is CN(CC(=O)O)C(=O)CCCN(C)C(=O)OCc1ccc(NC(=O)CN)cc1. The third-order valence-electron chi connectivity index (χ3n) is 3.78. The second-order valence-electron chi connectivity index (χ2n) is 6.17. The lowest BCUT2D eigenvalue weighted by molar-refractivity contribution is -0.143. The molecule has 0 fully saturated rings. The van der Waals surface area contributed by atoms with E-state index in [0.717, 1.165) is 10.5 Å². The Balaban J connectivity index is 2.33. The number of carboxylic acid groups (broad SMARTS) is 1. The number of hydrogen-bond donors (Lipinski definition) is 3. The van der Waals surface area contributed by atoms with Crippen molar-refractivity contribution in [3.63, 3.8) is 0 Å². The summed E-state index contributed by atoms with van der Waals surface area (Å²) in [4.78, 5) is 48.0. The number of nitrogens with two attached hydrogens (primary N) is 1. The fourth-order valence-electron chi connectivity index (χ4n) is 2.19. The van der Waals surface area contributed by atoms with Crippen molar-refractivity contribution in [3.05, 3.63) is 29.8 Å². The number of benzene rings is 1. The summed E-state index contributed by atoms with van der Waals surface area (Å²) in [6, 6.07) is 6.80. The zero-order chi connectivity index (χ0) is 21.1. The summed E-state index contributed by atoms with van der Waals surface area (Å²) in [6.45, 7) is -0.0946. The first-order valence-corrected chi connectivity index (χ1v) is 8.65. The number of nitrogens with one attached hydrogen (secondary N) is 1. The van der Waals surface area contributed by atoms with Gasteiger partial charge in [-0.15, -0.1) is 0 Å². The number of likely N-dealkylation sites (N-methyl/N-ethyl adjacent to an activating group) is 1. The van der Waals surface area contributed by atoms with Gasteiger partial charge in [0.05, 0.1) is 6.54 Å². The van der Waals surface area contributed by atoms with Crippen LogP contribution >= 0.6 is 0 Å². The van der Waals surface area contributed by atoms with Crippen molar-refractivity contribution in [3.8, 4) is 0 Å². The highest BCUT2D eigenvalue weighted by atomic mass is 16.6. The van der Waals surface area contributed by atoms with Gasteiger partial charge in [-0.25, -0.2) is 4.79 Å². The molecule has 0 bridgehead atoms. The minimum Gasteiger partial charge on any atom is -0.480 e. The molecule has 10 nitrogen and oxygen atoms in total. The van der Waals surface area contributed by atoms with E-state index in [9.17, 15) is 19.2 Å². The van der Waals surface area contributed by atoms with E-state index in [1.807, 2.05) is 0 Å². The summed E-state index contributed by atoms with van der Waals surface area (Å²) < 4.78 is 5.20. The van der Waals surface area contributed by atoms with Crippen molar-refractivity contribution >= 4 is 29.6 Å². The van der Waals surface area contributed by atoms with E-state index < -0.39 is 12.1 Å². The van der Waals surface area contributed by atoms with Gasteiger partial charge in [0, 0.05) is 32.7 Å². The molecule has 0 aliphatic rings. The third kappa shape index (κ3) is 8.49. The lowest BCUT2D eigenvalue weighted by Crippen LogP contribution is -2.33. The number of carboxylic acids is 1. The molecule has 4 N–H and O–H groups in total. The molecule has 1 aromatic carbocycles. The highest BCUT2D eigenvalue weighted by molar-refractivity contribution is 5.92. The monoisotopic (exact) mass is 394 g/mol. The Kier molecular flexibility index (Phi) is 9.44. The summed E-state index contributed by atoms with van der Waals surface area (Å²) in [7, 11) is 2.97. The molecule has 10 heteroatoms. The molecule has 0 saturated heterocycles. The van der Waals surface area contributed by atoms with Gasteiger partial charge in [-0.05, 0) is 24.1 Å². The Hall–Kier alpha value is -3.14. The number of hydrogen-bond acceptors (Lipinski definition) is 6. The van der Waals surface area contributed by atoms with Gasteiger partial charge in [0.15, 0.2) is 0 Å². The second kappa shape index (κ2) is 11.5. The smallest absolute Gasteiger partial charge is 0.409 e. The van der Waals surface area contributed by atoms with Gasteiger partial charge in [-0.1, -0.05) is 12.1 Å². The summed E-state index contributed by atoms with van der Waals surface area (Å²) in [5.41, 5.74) is 6.57. The van der Waals surface area contributed by atoms with Crippen LogP contribution in [-0.4, -0.2) is 72.5 Å². The van der Waals surface area contributed by atoms with Crippen molar-refractivity contribution in [1.29, 1.82) is 0 Å². The van der Waals surface area contributed by atoms with Crippen LogP contribution < -0.4 is 11.1 Å². The molecule has 3 amide bonds. The van der Waals surface area contributed by atoms with Gasteiger partial charge in [-0.2, -0.15) is 0 Å². The summed E-state index contributed by atoms with van der Waals surface area (Å²) >= 11 is 0.